The minimum Gasteiger partial charge on any atom is -0.308 e. The molecule has 23 heavy (non-hydrogen) atoms. The molecule has 0 aliphatic carbocycles. The predicted molar refractivity (Wildman–Crippen MR) is 86.6 cm³/mol. The maximum absolute atomic E-state index is 11.9. The number of carbonyl (C=O) groups is 1. The highest BCUT2D eigenvalue weighted by Crippen LogP contribution is 2.20. The molecule has 0 heterocycles. The summed E-state index contributed by atoms with van der Waals surface area (Å²) < 4.78 is 22.3. The van der Waals surface area contributed by atoms with Gasteiger partial charge in [0.05, 0.1) is 16.1 Å². The number of nitrogens with one attached hydrogen (secondary N) is 2. The summed E-state index contributed by atoms with van der Waals surface area (Å²) in [6, 6.07) is 11.1. The summed E-state index contributed by atoms with van der Waals surface area (Å²) >= 11 is 5.77. The van der Waals surface area contributed by atoms with Crippen LogP contribution in [-0.2, 0) is 10.0 Å². The van der Waals surface area contributed by atoms with Crippen LogP contribution in [0.5, 0.6) is 0 Å². The Labute approximate surface area is 137 Å². The molecule has 7 nitrogen and oxygen atoms in total. The summed E-state index contributed by atoms with van der Waals surface area (Å²) in [5, 5.41) is 19.4. The molecule has 0 aromatic heterocycles. The molecule has 0 bridgehead atoms. The normalized spacial score (nSPS) is 10.7. The molecule has 2 aromatic rings. The third kappa shape index (κ3) is 4.43. The maximum atomic E-state index is 11.9. The minimum atomic E-state index is -3.79. The third-order valence-corrected chi connectivity index (χ3v) is 3.96. The molecule has 2 rings (SSSR count). The number of primary sulfonamides is 1. The van der Waals surface area contributed by atoms with Gasteiger partial charge in [-0.2, -0.15) is 5.26 Å². The highest BCUT2D eigenvalue weighted by Gasteiger charge is 2.10. The van der Waals surface area contributed by atoms with E-state index in [9.17, 15) is 13.2 Å². The summed E-state index contributed by atoms with van der Waals surface area (Å²) in [5.74, 6) is 0. The number of hydrogen-bond acceptors (Lipinski definition) is 4. The fraction of sp³-hybridized carbons (Fsp3) is 0. The van der Waals surface area contributed by atoms with Crippen LogP contribution in [0.4, 0.5) is 16.2 Å². The van der Waals surface area contributed by atoms with Crippen LogP contribution in [0.25, 0.3) is 0 Å². The minimum absolute atomic E-state index is 0.0621. The molecule has 0 aliphatic rings. The monoisotopic (exact) mass is 350 g/mol. The van der Waals surface area contributed by atoms with Crippen molar-refractivity contribution in [1.82, 2.24) is 0 Å². The van der Waals surface area contributed by atoms with E-state index in [0.29, 0.717) is 16.4 Å². The van der Waals surface area contributed by atoms with Crippen molar-refractivity contribution in [3.8, 4) is 6.07 Å². The zero-order chi connectivity index (χ0) is 17.0. The number of rotatable bonds is 3. The smallest absolute Gasteiger partial charge is 0.308 e. The Kier molecular flexibility index (Phi) is 4.86. The fourth-order valence-corrected chi connectivity index (χ4v) is 2.42. The molecule has 0 unspecified atom stereocenters. The lowest BCUT2D eigenvalue weighted by molar-refractivity contribution is 0.262. The number of carbonyl (C=O) groups excluding carboxylic acids is 1. The van der Waals surface area contributed by atoms with Crippen LogP contribution in [0, 0.1) is 11.3 Å². The first-order valence-corrected chi connectivity index (χ1v) is 8.12. The Morgan fingerprint density at radius 3 is 2.35 bits per heavy atom. The summed E-state index contributed by atoms with van der Waals surface area (Å²) in [5.41, 5.74) is 0.884. The second-order valence-corrected chi connectivity index (χ2v) is 6.45. The van der Waals surface area contributed by atoms with Gasteiger partial charge >= 0.3 is 6.03 Å². The molecule has 0 atom stereocenters. The molecule has 118 valence electrons. The van der Waals surface area contributed by atoms with Crippen LogP contribution in [0.2, 0.25) is 5.02 Å². The number of benzene rings is 2. The Morgan fingerprint density at radius 2 is 1.78 bits per heavy atom. The van der Waals surface area contributed by atoms with Gasteiger partial charge in [0.25, 0.3) is 0 Å². The van der Waals surface area contributed by atoms with Gasteiger partial charge in [-0.1, -0.05) is 11.6 Å². The molecule has 0 saturated heterocycles. The SMILES string of the molecule is N#Cc1cc(Cl)ccc1NC(=O)Nc1ccc(S(N)(=O)=O)cc1. The van der Waals surface area contributed by atoms with Crippen molar-refractivity contribution in [2.24, 2.45) is 5.14 Å². The molecule has 9 heteroatoms. The largest absolute Gasteiger partial charge is 0.323 e. The van der Waals surface area contributed by atoms with Crippen molar-refractivity contribution in [2.75, 3.05) is 10.6 Å². The van der Waals surface area contributed by atoms with Crippen molar-refractivity contribution in [3.63, 3.8) is 0 Å². The van der Waals surface area contributed by atoms with Crippen LogP contribution < -0.4 is 15.8 Å². The fourth-order valence-electron chi connectivity index (χ4n) is 1.73. The third-order valence-electron chi connectivity index (χ3n) is 2.79. The van der Waals surface area contributed by atoms with Gasteiger partial charge in [-0.3, -0.25) is 0 Å². The average molecular weight is 351 g/mol. The molecular formula is C14H11ClN4O3S. The van der Waals surface area contributed by atoms with Gasteiger partial charge in [-0.25, -0.2) is 18.4 Å². The van der Waals surface area contributed by atoms with Crippen molar-refractivity contribution < 1.29 is 13.2 Å². The van der Waals surface area contributed by atoms with E-state index in [2.05, 4.69) is 10.6 Å². The number of urea groups is 1. The van der Waals surface area contributed by atoms with Crippen molar-refractivity contribution in [3.05, 3.63) is 53.1 Å². The predicted octanol–water partition coefficient (Wildman–Crippen LogP) is 2.50. The van der Waals surface area contributed by atoms with Gasteiger partial charge in [0.2, 0.25) is 10.0 Å². The number of amides is 2. The molecule has 0 fully saturated rings. The lowest BCUT2D eigenvalue weighted by Crippen LogP contribution is -2.20. The van der Waals surface area contributed by atoms with E-state index in [-0.39, 0.29) is 10.5 Å². The molecule has 4 N–H and O–H groups in total. The van der Waals surface area contributed by atoms with Crippen LogP contribution in [0.3, 0.4) is 0 Å². The van der Waals surface area contributed by atoms with Crippen molar-refractivity contribution in [1.29, 1.82) is 5.26 Å². The lowest BCUT2D eigenvalue weighted by atomic mass is 10.2. The van der Waals surface area contributed by atoms with E-state index in [0.717, 1.165) is 0 Å². The Bertz CT molecular complexity index is 889. The van der Waals surface area contributed by atoms with Gasteiger partial charge in [0.1, 0.15) is 6.07 Å². The highest BCUT2D eigenvalue weighted by molar-refractivity contribution is 7.89. The van der Waals surface area contributed by atoms with Gasteiger partial charge in [-0.15, -0.1) is 0 Å². The first-order valence-electron chi connectivity index (χ1n) is 6.20. The number of nitrogens with zero attached hydrogens (tertiary/aromatic N) is 1. The molecule has 0 spiro atoms. The van der Waals surface area contributed by atoms with Crippen LogP contribution >= 0.6 is 11.6 Å². The molecule has 2 amide bonds. The number of nitriles is 1. The summed E-state index contributed by atoms with van der Waals surface area (Å²) in [4.78, 5) is 11.8. The number of nitrogens with two attached hydrogens (primary N) is 1. The summed E-state index contributed by atoms with van der Waals surface area (Å²) in [7, 11) is -3.79. The zero-order valence-electron chi connectivity index (χ0n) is 11.6. The van der Waals surface area contributed by atoms with E-state index < -0.39 is 16.1 Å². The summed E-state index contributed by atoms with van der Waals surface area (Å²) in [6.07, 6.45) is 0. The number of hydrogen-bond donors (Lipinski definition) is 3. The standard InChI is InChI=1S/C14H11ClN4O3S/c15-10-1-6-13(9(7-10)8-16)19-14(20)18-11-2-4-12(5-3-11)23(17,21)22/h1-7H,(H2,17,21,22)(H2,18,19,20). The average Bonchev–Trinajstić information content (AvgIpc) is 2.48. The lowest BCUT2D eigenvalue weighted by Gasteiger charge is -2.09. The van der Waals surface area contributed by atoms with E-state index >= 15 is 0 Å². The molecule has 0 radical (unpaired) electrons. The van der Waals surface area contributed by atoms with E-state index in [1.807, 2.05) is 6.07 Å². The van der Waals surface area contributed by atoms with E-state index in [1.54, 1.807) is 6.07 Å². The molecule has 0 saturated carbocycles. The quantitative estimate of drug-likeness (QED) is 0.786. The Balaban J connectivity index is 2.10. The highest BCUT2D eigenvalue weighted by atomic mass is 35.5. The van der Waals surface area contributed by atoms with Crippen LogP contribution in [0.15, 0.2) is 47.4 Å². The number of sulfonamides is 1. The summed E-state index contributed by atoms with van der Waals surface area (Å²) in [6.45, 7) is 0. The maximum Gasteiger partial charge on any atom is 0.323 e. The van der Waals surface area contributed by atoms with Gasteiger partial charge in [0, 0.05) is 10.7 Å². The Morgan fingerprint density at radius 1 is 1.13 bits per heavy atom. The van der Waals surface area contributed by atoms with Crippen LogP contribution in [0.1, 0.15) is 5.56 Å². The first-order chi connectivity index (χ1) is 10.8. The molecule has 2 aromatic carbocycles. The van der Waals surface area contributed by atoms with Gasteiger partial charge in [-0.05, 0) is 42.5 Å². The van der Waals surface area contributed by atoms with Crippen molar-refractivity contribution >= 4 is 39.0 Å². The zero-order valence-corrected chi connectivity index (χ0v) is 13.1. The number of anilines is 2. The van der Waals surface area contributed by atoms with Gasteiger partial charge in [0.15, 0.2) is 0 Å². The first kappa shape index (κ1) is 16.8. The van der Waals surface area contributed by atoms with Gasteiger partial charge < -0.3 is 10.6 Å². The topological polar surface area (TPSA) is 125 Å². The van der Waals surface area contributed by atoms with E-state index in [4.69, 9.17) is 22.0 Å². The molecular weight excluding hydrogens is 340 g/mol. The second-order valence-electron chi connectivity index (χ2n) is 4.45. The van der Waals surface area contributed by atoms with E-state index in [1.165, 1.54) is 36.4 Å². The van der Waals surface area contributed by atoms with Crippen LogP contribution in [-0.4, -0.2) is 14.4 Å². The second kappa shape index (κ2) is 6.66. The Hall–Kier alpha value is -2.60. The van der Waals surface area contributed by atoms with Crippen molar-refractivity contribution in [2.45, 2.75) is 4.90 Å². The number of halogens is 1. The molecule has 0 aliphatic heterocycles.